The van der Waals surface area contributed by atoms with Crippen molar-refractivity contribution in [2.75, 3.05) is 13.6 Å². The first-order chi connectivity index (χ1) is 10.2. The summed E-state index contributed by atoms with van der Waals surface area (Å²) >= 11 is 1.81. The maximum atomic E-state index is 4.23. The quantitative estimate of drug-likeness (QED) is 0.415. The highest BCUT2D eigenvalue weighted by Crippen LogP contribution is 2.13. The Kier molecular flexibility index (Phi) is 8.39. The van der Waals surface area contributed by atoms with Crippen molar-refractivity contribution in [1.29, 1.82) is 0 Å². The van der Waals surface area contributed by atoms with Gasteiger partial charge >= 0.3 is 0 Å². The molecule has 8 heteroatoms. The van der Waals surface area contributed by atoms with Gasteiger partial charge in [-0.05, 0) is 23.8 Å². The maximum Gasteiger partial charge on any atom is 0.191 e. The second-order valence-electron chi connectivity index (χ2n) is 5.00. The van der Waals surface area contributed by atoms with Gasteiger partial charge in [-0.1, -0.05) is 13.0 Å². The lowest BCUT2D eigenvalue weighted by molar-refractivity contribution is 0.560. The SMILES string of the molecule is CN=C(NCc1ncnn1C)NCC(C)Cc1cccs1.I. The van der Waals surface area contributed by atoms with Crippen LogP contribution in [0.2, 0.25) is 0 Å². The van der Waals surface area contributed by atoms with Gasteiger partial charge in [-0.15, -0.1) is 35.3 Å². The number of rotatable bonds is 6. The minimum absolute atomic E-state index is 0. The summed E-state index contributed by atoms with van der Waals surface area (Å²) in [6, 6.07) is 4.28. The van der Waals surface area contributed by atoms with E-state index in [4.69, 9.17) is 0 Å². The molecule has 0 aliphatic carbocycles. The molecule has 0 saturated carbocycles. The third-order valence-electron chi connectivity index (χ3n) is 3.19. The minimum Gasteiger partial charge on any atom is -0.356 e. The zero-order valence-electron chi connectivity index (χ0n) is 13.1. The summed E-state index contributed by atoms with van der Waals surface area (Å²) in [5.41, 5.74) is 0. The van der Waals surface area contributed by atoms with E-state index >= 15 is 0 Å². The van der Waals surface area contributed by atoms with E-state index in [0.717, 1.165) is 24.7 Å². The van der Waals surface area contributed by atoms with Crippen LogP contribution in [-0.4, -0.2) is 34.3 Å². The summed E-state index contributed by atoms with van der Waals surface area (Å²) < 4.78 is 1.75. The summed E-state index contributed by atoms with van der Waals surface area (Å²) in [7, 11) is 3.65. The van der Waals surface area contributed by atoms with Crippen LogP contribution in [0.4, 0.5) is 0 Å². The molecule has 0 radical (unpaired) electrons. The molecule has 0 spiro atoms. The molecule has 22 heavy (non-hydrogen) atoms. The Bertz CT molecular complexity index is 566. The molecule has 1 atom stereocenters. The normalized spacial score (nSPS) is 12.6. The summed E-state index contributed by atoms with van der Waals surface area (Å²) in [5.74, 6) is 2.22. The van der Waals surface area contributed by atoms with Gasteiger partial charge in [0.05, 0.1) is 6.54 Å². The predicted octanol–water partition coefficient (Wildman–Crippen LogP) is 2.04. The number of aliphatic imine (C=N–C) groups is 1. The summed E-state index contributed by atoms with van der Waals surface area (Å²) in [5, 5.41) is 12.8. The molecule has 0 aromatic carbocycles. The Hall–Kier alpha value is -1.16. The number of nitrogens with one attached hydrogen (secondary N) is 2. The molecule has 0 aliphatic heterocycles. The highest BCUT2D eigenvalue weighted by molar-refractivity contribution is 14.0. The molecule has 122 valence electrons. The van der Waals surface area contributed by atoms with Gasteiger partial charge in [0, 0.05) is 25.5 Å². The molecule has 0 amide bonds. The largest absolute Gasteiger partial charge is 0.356 e. The van der Waals surface area contributed by atoms with Crippen molar-refractivity contribution in [3.8, 4) is 0 Å². The lowest BCUT2D eigenvalue weighted by Gasteiger charge is -2.15. The van der Waals surface area contributed by atoms with Crippen molar-refractivity contribution in [3.63, 3.8) is 0 Å². The van der Waals surface area contributed by atoms with Crippen LogP contribution in [0.15, 0.2) is 28.8 Å². The number of aryl methyl sites for hydroxylation is 1. The maximum absolute atomic E-state index is 4.23. The molecule has 0 saturated heterocycles. The standard InChI is InChI=1S/C14H22N6S.HI/c1-11(7-12-5-4-6-21-12)8-16-14(15-2)17-9-13-18-10-19-20(13)3;/h4-6,10-11H,7-9H2,1-3H3,(H2,15,16,17);1H. The van der Waals surface area contributed by atoms with Crippen LogP contribution in [0, 0.1) is 5.92 Å². The Morgan fingerprint density at radius 2 is 2.27 bits per heavy atom. The van der Waals surface area contributed by atoms with Gasteiger partial charge in [-0.3, -0.25) is 9.67 Å². The molecule has 2 aromatic heterocycles. The van der Waals surface area contributed by atoms with Crippen LogP contribution in [0.3, 0.4) is 0 Å². The average Bonchev–Trinajstić information content (AvgIpc) is 3.11. The molecule has 6 nitrogen and oxygen atoms in total. The topological polar surface area (TPSA) is 67.1 Å². The molecular formula is C14H23IN6S. The number of hydrogen-bond acceptors (Lipinski definition) is 4. The average molecular weight is 434 g/mol. The zero-order valence-corrected chi connectivity index (χ0v) is 16.3. The predicted molar refractivity (Wildman–Crippen MR) is 102 cm³/mol. The van der Waals surface area contributed by atoms with Crippen LogP contribution in [-0.2, 0) is 20.0 Å². The van der Waals surface area contributed by atoms with E-state index < -0.39 is 0 Å². The van der Waals surface area contributed by atoms with E-state index in [-0.39, 0.29) is 24.0 Å². The molecule has 0 fully saturated rings. The van der Waals surface area contributed by atoms with Gasteiger partial charge in [-0.2, -0.15) is 5.10 Å². The molecule has 0 bridgehead atoms. The van der Waals surface area contributed by atoms with Gasteiger partial charge in [0.2, 0.25) is 0 Å². The highest BCUT2D eigenvalue weighted by atomic mass is 127. The van der Waals surface area contributed by atoms with Gasteiger partial charge in [0.25, 0.3) is 0 Å². The van der Waals surface area contributed by atoms with E-state index in [1.807, 2.05) is 18.4 Å². The van der Waals surface area contributed by atoms with Crippen LogP contribution >= 0.6 is 35.3 Å². The molecule has 2 rings (SSSR count). The Morgan fingerprint density at radius 3 is 2.86 bits per heavy atom. The molecule has 2 heterocycles. The van der Waals surface area contributed by atoms with Crippen LogP contribution in [0.25, 0.3) is 0 Å². The van der Waals surface area contributed by atoms with Crippen molar-refractivity contribution >= 4 is 41.3 Å². The van der Waals surface area contributed by atoms with E-state index in [0.29, 0.717) is 12.5 Å². The molecular weight excluding hydrogens is 411 g/mol. The van der Waals surface area contributed by atoms with E-state index in [1.54, 1.807) is 18.1 Å². The Morgan fingerprint density at radius 1 is 1.45 bits per heavy atom. The van der Waals surface area contributed by atoms with Crippen molar-refractivity contribution in [2.24, 2.45) is 18.0 Å². The van der Waals surface area contributed by atoms with Crippen molar-refractivity contribution in [1.82, 2.24) is 25.4 Å². The van der Waals surface area contributed by atoms with Crippen molar-refractivity contribution < 1.29 is 0 Å². The summed E-state index contributed by atoms with van der Waals surface area (Å²) in [4.78, 5) is 9.82. The number of nitrogens with zero attached hydrogens (tertiary/aromatic N) is 4. The number of halogens is 1. The lowest BCUT2D eigenvalue weighted by atomic mass is 10.1. The van der Waals surface area contributed by atoms with Gasteiger partial charge in [0.1, 0.15) is 12.2 Å². The molecule has 2 N–H and O–H groups in total. The molecule has 2 aromatic rings. The third kappa shape index (κ3) is 5.91. The van der Waals surface area contributed by atoms with Crippen LogP contribution < -0.4 is 10.6 Å². The van der Waals surface area contributed by atoms with E-state index in [1.165, 1.54) is 4.88 Å². The Balaban J connectivity index is 0.00000242. The van der Waals surface area contributed by atoms with Crippen molar-refractivity contribution in [3.05, 3.63) is 34.5 Å². The second kappa shape index (κ2) is 9.78. The van der Waals surface area contributed by atoms with E-state index in [9.17, 15) is 0 Å². The Labute approximate surface area is 152 Å². The number of thiophene rings is 1. The minimum atomic E-state index is 0. The van der Waals surface area contributed by atoms with Crippen LogP contribution in [0.1, 0.15) is 17.6 Å². The highest BCUT2D eigenvalue weighted by Gasteiger charge is 2.07. The summed E-state index contributed by atoms with van der Waals surface area (Å²) in [6.45, 7) is 3.73. The van der Waals surface area contributed by atoms with E-state index in [2.05, 4.69) is 50.1 Å². The lowest BCUT2D eigenvalue weighted by Crippen LogP contribution is -2.39. The fraction of sp³-hybridized carbons (Fsp3) is 0.500. The number of hydrogen-bond donors (Lipinski definition) is 2. The first-order valence-electron chi connectivity index (χ1n) is 6.98. The first kappa shape index (κ1) is 18.9. The fourth-order valence-corrected chi connectivity index (χ4v) is 2.85. The number of guanidine groups is 1. The third-order valence-corrected chi connectivity index (χ3v) is 4.09. The van der Waals surface area contributed by atoms with Gasteiger partial charge in [-0.25, -0.2) is 4.98 Å². The van der Waals surface area contributed by atoms with Crippen molar-refractivity contribution in [2.45, 2.75) is 19.9 Å². The van der Waals surface area contributed by atoms with Gasteiger partial charge < -0.3 is 10.6 Å². The monoisotopic (exact) mass is 434 g/mol. The summed E-state index contributed by atoms with van der Waals surface area (Å²) in [6.07, 6.45) is 2.64. The smallest absolute Gasteiger partial charge is 0.191 e. The number of aromatic nitrogens is 3. The van der Waals surface area contributed by atoms with Crippen LogP contribution in [0.5, 0.6) is 0 Å². The first-order valence-corrected chi connectivity index (χ1v) is 7.86. The molecule has 1 unspecified atom stereocenters. The zero-order chi connectivity index (χ0) is 15.1. The molecule has 0 aliphatic rings. The second-order valence-corrected chi connectivity index (χ2v) is 6.03. The van der Waals surface area contributed by atoms with Gasteiger partial charge in [0.15, 0.2) is 5.96 Å². The fourth-order valence-electron chi connectivity index (χ4n) is 1.98.